The number of carbonyl (C=O) groups excluding carboxylic acids is 2. The molecule has 176 valence electrons. The van der Waals surface area contributed by atoms with E-state index < -0.39 is 22.7 Å². The molecule has 1 amide bonds. The smallest absolute Gasteiger partial charge is 0.295 e. The van der Waals surface area contributed by atoms with E-state index in [0.29, 0.717) is 22.7 Å². The third-order valence-corrected chi connectivity index (χ3v) is 5.86. The molecule has 2 aromatic rings. The number of nitro groups is 1. The Morgan fingerprint density at radius 2 is 1.79 bits per heavy atom. The topological polar surface area (TPSA) is 104 Å². The van der Waals surface area contributed by atoms with Crippen LogP contribution in [0.15, 0.2) is 54.1 Å². The van der Waals surface area contributed by atoms with Gasteiger partial charge in [-0.3, -0.25) is 19.7 Å². The highest BCUT2D eigenvalue weighted by Gasteiger charge is 2.46. The van der Waals surface area contributed by atoms with Crippen LogP contribution in [0.5, 0.6) is 0 Å². The number of carbonyl (C=O) groups is 2. The highest BCUT2D eigenvalue weighted by molar-refractivity contribution is 6.46. The van der Waals surface area contributed by atoms with Crippen molar-refractivity contribution in [2.45, 2.75) is 19.9 Å². The van der Waals surface area contributed by atoms with Crippen molar-refractivity contribution in [2.75, 3.05) is 26.2 Å². The van der Waals surface area contributed by atoms with Gasteiger partial charge in [0.2, 0.25) is 0 Å². The molecule has 0 aliphatic carbocycles. The molecule has 33 heavy (non-hydrogen) atoms. The Kier molecular flexibility index (Phi) is 8.99. The van der Waals surface area contributed by atoms with E-state index in [1.54, 1.807) is 30.3 Å². The summed E-state index contributed by atoms with van der Waals surface area (Å²) in [5, 5.41) is 22.8. The molecule has 0 bridgehead atoms. The fourth-order valence-corrected chi connectivity index (χ4v) is 3.94. The number of ketones is 1. The van der Waals surface area contributed by atoms with Crippen molar-refractivity contribution in [3.63, 3.8) is 0 Å². The van der Waals surface area contributed by atoms with Gasteiger partial charge in [-0.05, 0) is 42.9 Å². The molecule has 2 aromatic carbocycles. The highest BCUT2D eigenvalue weighted by atomic mass is 35.5. The molecular formula is C23H25Cl2N3O5. The van der Waals surface area contributed by atoms with Gasteiger partial charge in [-0.1, -0.05) is 37.6 Å². The lowest BCUT2D eigenvalue weighted by atomic mass is 9.95. The number of hydrogen-bond donors (Lipinski definition) is 1. The Morgan fingerprint density at radius 3 is 2.36 bits per heavy atom. The van der Waals surface area contributed by atoms with Crippen molar-refractivity contribution >= 4 is 47.1 Å². The van der Waals surface area contributed by atoms with Crippen LogP contribution in [-0.2, 0) is 9.59 Å². The van der Waals surface area contributed by atoms with Gasteiger partial charge in [0, 0.05) is 35.8 Å². The van der Waals surface area contributed by atoms with Crippen LogP contribution in [-0.4, -0.2) is 57.7 Å². The quantitative estimate of drug-likeness (QED) is 0.191. The fourth-order valence-electron chi connectivity index (χ4n) is 3.82. The number of aliphatic hydroxyl groups excluding tert-OH is 1. The number of halogens is 2. The van der Waals surface area contributed by atoms with Crippen molar-refractivity contribution in [3.05, 3.63) is 80.4 Å². The van der Waals surface area contributed by atoms with Crippen LogP contribution in [0.1, 0.15) is 31.0 Å². The minimum Gasteiger partial charge on any atom is -0.507 e. The first-order chi connectivity index (χ1) is 15.3. The number of nitrogens with zero attached hydrogens (tertiary/aromatic N) is 3. The Bertz CT molecular complexity index is 1070. The van der Waals surface area contributed by atoms with Gasteiger partial charge >= 0.3 is 0 Å². The lowest BCUT2D eigenvalue weighted by molar-refractivity contribution is -0.384. The van der Waals surface area contributed by atoms with Crippen LogP contribution in [0.3, 0.4) is 0 Å². The van der Waals surface area contributed by atoms with Gasteiger partial charge in [-0.15, -0.1) is 12.4 Å². The summed E-state index contributed by atoms with van der Waals surface area (Å²) >= 11 is 5.93. The largest absolute Gasteiger partial charge is 0.507 e. The van der Waals surface area contributed by atoms with E-state index in [0.717, 1.165) is 13.1 Å². The first-order valence-corrected chi connectivity index (χ1v) is 10.7. The number of nitro benzene ring substituents is 1. The molecule has 0 radical (unpaired) electrons. The first kappa shape index (κ1) is 26.3. The fraction of sp³-hybridized carbons (Fsp3) is 0.304. The molecule has 10 heteroatoms. The molecule has 1 saturated heterocycles. The van der Waals surface area contributed by atoms with E-state index in [1.807, 2.05) is 13.8 Å². The van der Waals surface area contributed by atoms with Crippen LogP contribution >= 0.6 is 24.0 Å². The number of rotatable bonds is 8. The number of aliphatic hydroxyl groups is 1. The Balaban J connectivity index is 0.00000385. The van der Waals surface area contributed by atoms with E-state index in [4.69, 9.17) is 11.6 Å². The second-order valence-electron chi connectivity index (χ2n) is 7.38. The van der Waals surface area contributed by atoms with Crippen molar-refractivity contribution < 1.29 is 19.6 Å². The predicted molar refractivity (Wildman–Crippen MR) is 129 cm³/mol. The van der Waals surface area contributed by atoms with Gasteiger partial charge in [0.25, 0.3) is 17.4 Å². The summed E-state index contributed by atoms with van der Waals surface area (Å²) < 4.78 is 0. The zero-order valence-electron chi connectivity index (χ0n) is 18.2. The molecule has 1 N–H and O–H groups in total. The lowest BCUT2D eigenvalue weighted by Crippen LogP contribution is -2.38. The van der Waals surface area contributed by atoms with Crippen molar-refractivity contribution in [1.82, 2.24) is 9.80 Å². The molecule has 1 heterocycles. The summed E-state index contributed by atoms with van der Waals surface area (Å²) in [4.78, 5) is 40.2. The molecule has 0 saturated carbocycles. The number of hydrogen-bond acceptors (Lipinski definition) is 6. The average Bonchev–Trinajstić information content (AvgIpc) is 3.04. The standard InChI is InChI=1S/C23H24ClN3O5.ClH/c1-3-25(4-2)12-13-26-20(16-6-5-7-18(14-16)27(31)32)19(22(29)23(26)30)21(28)15-8-10-17(24)11-9-15;/h5-11,14,20,28H,3-4,12-13H2,1-2H3;1H. The second kappa shape index (κ2) is 11.3. The normalized spacial score (nSPS) is 17.3. The maximum absolute atomic E-state index is 13.0. The summed E-state index contributed by atoms with van der Waals surface area (Å²) in [6.07, 6.45) is 0. The number of amides is 1. The van der Waals surface area contributed by atoms with E-state index in [2.05, 4.69) is 4.90 Å². The van der Waals surface area contributed by atoms with Crippen molar-refractivity contribution in [1.29, 1.82) is 0 Å². The molecule has 8 nitrogen and oxygen atoms in total. The number of non-ortho nitro benzene ring substituents is 1. The number of Topliss-reactive ketones (excluding diaryl/α,β-unsaturated/α-hetero) is 1. The zero-order valence-corrected chi connectivity index (χ0v) is 19.8. The maximum Gasteiger partial charge on any atom is 0.295 e. The van der Waals surface area contributed by atoms with Gasteiger partial charge in [0.05, 0.1) is 16.5 Å². The molecule has 1 aliphatic heterocycles. The Morgan fingerprint density at radius 1 is 1.15 bits per heavy atom. The third kappa shape index (κ3) is 5.52. The average molecular weight is 494 g/mol. The van der Waals surface area contributed by atoms with Gasteiger partial charge in [-0.25, -0.2) is 0 Å². The van der Waals surface area contributed by atoms with E-state index in [1.165, 1.54) is 23.1 Å². The minimum atomic E-state index is -0.943. The SMILES string of the molecule is CCN(CC)CCN1C(=O)C(=O)C(=C(O)c2ccc(Cl)cc2)C1c1cccc([N+](=O)[O-])c1.Cl. The van der Waals surface area contributed by atoms with Gasteiger partial charge < -0.3 is 14.9 Å². The Hall–Kier alpha value is -2.94. The van der Waals surface area contributed by atoms with Crippen LogP contribution < -0.4 is 0 Å². The van der Waals surface area contributed by atoms with Crippen molar-refractivity contribution in [2.24, 2.45) is 0 Å². The molecule has 1 atom stereocenters. The molecule has 0 aromatic heterocycles. The van der Waals surface area contributed by atoms with E-state index >= 15 is 0 Å². The maximum atomic E-state index is 13.0. The zero-order chi connectivity index (χ0) is 23.4. The molecular weight excluding hydrogens is 469 g/mol. The lowest BCUT2D eigenvalue weighted by Gasteiger charge is -2.28. The monoisotopic (exact) mass is 493 g/mol. The van der Waals surface area contributed by atoms with Crippen LogP contribution in [0, 0.1) is 10.1 Å². The van der Waals surface area contributed by atoms with Gasteiger partial charge in [-0.2, -0.15) is 0 Å². The summed E-state index contributed by atoms with van der Waals surface area (Å²) in [6.45, 7) is 6.29. The van der Waals surface area contributed by atoms with Gasteiger partial charge in [0.15, 0.2) is 0 Å². The second-order valence-corrected chi connectivity index (χ2v) is 7.81. The number of benzene rings is 2. The van der Waals surface area contributed by atoms with Crippen molar-refractivity contribution in [3.8, 4) is 0 Å². The van der Waals surface area contributed by atoms with E-state index in [-0.39, 0.29) is 36.0 Å². The van der Waals surface area contributed by atoms with Gasteiger partial charge in [0.1, 0.15) is 5.76 Å². The number of likely N-dealkylation sites (N-methyl/N-ethyl adjacent to an activating group) is 1. The third-order valence-electron chi connectivity index (χ3n) is 5.61. The van der Waals surface area contributed by atoms with Crippen LogP contribution in [0.2, 0.25) is 5.02 Å². The summed E-state index contributed by atoms with van der Waals surface area (Å²) in [6, 6.07) is 11.1. The Labute approximate surface area is 203 Å². The summed E-state index contributed by atoms with van der Waals surface area (Å²) in [7, 11) is 0. The molecule has 3 rings (SSSR count). The predicted octanol–water partition coefficient (Wildman–Crippen LogP) is 4.43. The minimum absolute atomic E-state index is 0. The van der Waals surface area contributed by atoms with E-state index in [9.17, 15) is 24.8 Å². The van der Waals surface area contributed by atoms with Crippen LogP contribution in [0.4, 0.5) is 5.69 Å². The molecule has 0 spiro atoms. The molecule has 1 unspecified atom stereocenters. The summed E-state index contributed by atoms with van der Waals surface area (Å²) in [5.41, 5.74) is 0.445. The molecule has 1 fully saturated rings. The summed E-state index contributed by atoms with van der Waals surface area (Å²) in [5.74, 6) is -1.92. The highest BCUT2D eigenvalue weighted by Crippen LogP contribution is 2.40. The first-order valence-electron chi connectivity index (χ1n) is 10.3. The molecule has 1 aliphatic rings. The van der Waals surface area contributed by atoms with Crippen LogP contribution in [0.25, 0.3) is 5.76 Å². The number of likely N-dealkylation sites (tertiary alicyclic amines) is 1.